The Bertz CT molecular complexity index is 1250. The van der Waals surface area contributed by atoms with Crippen molar-refractivity contribution in [2.24, 2.45) is 0 Å². The molecule has 2 N–H and O–H groups in total. The van der Waals surface area contributed by atoms with Gasteiger partial charge in [0, 0.05) is 5.69 Å². The zero-order valence-electron chi connectivity index (χ0n) is 16.7. The Hall–Kier alpha value is -3.04. The third-order valence-corrected chi connectivity index (χ3v) is 7.13. The molecule has 0 bridgehead atoms. The lowest BCUT2D eigenvalue weighted by Crippen LogP contribution is -2.15. The van der Waals surface area contributed by atoms with Crippen LogP contribution in [0.5, 0.6) is 5.75 Å². The average molecular weight is 447 g/mol. The Labute approximate surface area is 176 Å². The summed E-state index contributed by atoms with van der Waals surface area (Å²) in [6, 6.07) is 17.0. The molecule has 0 fully saturated rings. The fourth-order valence-corrected chi connectivity index (χ4v) is 4.86. The third kappa shape index (κ3) is 4.92. The first-order chi connectivity index (χ1) is 14.1. The highest BCUT2D eigenvalue weighted by atomic mass is 32.2. The lowest BCUT2D eigenvalue weighted by molar-refractivity contribution is 0.417. The van der Waals surface area contributed by atoms with Crippen molar-refractivity contribution in [3.63, 3.8) is 0 Å². The van der Waals surface area contributed by atoms with Crippen LogP contribution in [-0.4, -0.2) is 23.9 Å². The molecule has 0 aliphatic heterocycles. The van der Waals surface area contributed by atoms with Crippen LogP contribution in [0, 0.1) is 13.8 Å². The van der Waals surface area contributed by atoms with E-state index in [0.29, 0.717) is 11.4 Å². The minimum Gasteiger partial charge on any atom is -0.495 e. The summed E-state index contributed by atoms with van der Waals surface area (Å²) in [5.41, 5.74) is 2.39. The monoisotopic (exact) mass is 446 g/mol. The Morgan fingerprint density at radius 1 is 0.667 bits per heavy atom. The van der Waals surface area contributed by atoms with Gasteiger partial charge in [-0.05, 0) is 67.9 Å². The predicted octanol–water partition coefficient (Wildman–Crippen LogP) is 3.91. The standard InChI is InChI=1S/C21H22N2O5S2/c1-15-4-9-18(10-5-15)29(24,25)22-17-7-11-19(12-8-17)30(26,27)23-20-14-16(2)6-13-21(20)28-3/h4-14,22-23H,1-3H3. The smallest absolute Gasteiger partial charge is 0.262 e. The van der Waals surface area contributed by atoms with Gasteiger partial charge in [0.2, 0.25) is 0 Å². The molecule has 3 aromatic rings. The van der Waals surface area contributed by atoms with Crippen LogP contribution in [0.3, 0.4) is 0 Å². The molecular weight excluding hydrogens is 424 g/mol. The Morgan fingerprint density at radius 2 is 1.17 bits per heavy atom. The quantitative estimate of drug-likeness (QED) is 0.573. The van der Waals surface area contributed by atoms with Gasteiger partial charge in [0.15, 0.2) is 0 Å². The second-order valence-corrected chi connectivity index (χ2v) is 10.1. The number of rotatable bonds is 7. The van der Waals surface area contributed by atoms with Crippen LogP contribution in [0.2, 0.25) is 0 Å². The van der Waals surface area contributed by atoms with E-state index < -0.39 is 20.0 Å². The first-order valence-corrected chi connectivity index (χ1v) is 11.9. The number of nitrogens with one attached hydrogen (secondary N) is 2. The fraction of sp³-hybridized carbons (Fsp3) is 0.143. The van der Waals surface area contributed by atoms with E-state index in [-0.39, 0.29) is 15.5 Å². The maximum absolute atomic E-state index is 12.7. The average Bonchev–Trinajstić information content (AvgIpc) is 2.68. The SMILES string of the molecule is COc1ccc(C)cc1NS(=O)(=O)c1ccc(NS(=O)(=O)c2ccc(C)cc2)cc1. The number of ether oxygens (including phenoxy) is 1. The predicted molar refractivity (Wildman–Crippen MR) is 117 cm³/mol. The number of anilines is 2. The van der Waals surface area contributed by atoms with Gasteiger partial charge in [-0.3, -0.25) is 9.44 Å². The van der Waals surface area contributed by atoms with Crippen LogP contribution in [0.1, 0.15) is 11.1 Å². The Morgan fingerprint density at radius 3 is 1.73 bits per heavy atom. The molecule has 0 saturated carbocycles. The van der Waals surface area contributed by atoms with E-state index in [1.165, 1.54) is 43.5 Å². The molecule has 0 aliphatic carbocycles. The lowest BCUT2D eigenvalue weighted by Gasteiger charge is -2.13. The highest BCUT2D eigenvalue weighted by molar-refractivity contribution is 7.93. The van der Waals surface area contributed by atoms with Crippen LogP contribution in [-0.2, 0) is 20.0 Å². The molecule has 0 aromatic heterocycles. The number of aryl methyl sites for hydroxylation is 2. The van der Waals surface area contributed by atoms with Gasteiger partial charge in [0.1, 0.15) is 5.75 Å². The van der Waals surface area contributed by atoms with Gasteiger partial charge in [-0.1, -0.05) is 23.8 Å². The number of methoxy groups -OCH3 is 1. The van der Waals surface area contributed by atoms with Crippen LogP contribution >= 0.6 is 0 Å². The van der Waals surface area contributed by atoms with E-state index in [9.17, 15) is 16.8 Å². The van der Waals surface area contributed by atoms with Gasteiger partial charge in [-0.15, -0.1) is 0 Å². The van der Waals surface area contributed by atoms with Crippen molar-refractivity contribution in [1.82, 2.24) is 0 Å². The van der Waals surface area contributed by atoms with Crippen LogP contribution < -0.4 is 14.2 Å². The summed E-state index contributed by atoms with van der Waals surface area (Å²) in [5.74, 6) is 0.395. The van der Waals surface area contributed by atoms with E-state index in [0.717, 1.165) is 11.1 Å². The molecule has 0 unspecified atom stereocenters. The van der Waals surface area contributed by atoms with Crippen molar-refractivity contribution in [1.29, 1.82) is 0 Å². The second-order valence-electron chi connectivity index (χ2n) is 6.75. The van der Waals surface area contributed by atoms with Gasteiger partial charge >= 0.3 is 0 Å². The molecule has 0 spiro atoms. The van der Waals surface area contributed by atoms with Crippen LogP contribution in [0.15, 0.2) is 76.5 Å². The van der Waals surface area contributed by atoms with Crippen molar-refractivity contribution in [3.05, 3.63) is 77.9 Å². The summed E-state index contributed by atoms with van der Waals surface area (Å²) in [7, 11) is -6.20. The summed E-state index contributed by atoms with van der Waals surface area (Å²) >= 11 is 0. The molecular formula is C21H22N2O5S2. The van der Waals surface area contributed by atoms with Crippen molar-refractivity contribution < 1.29 is 21.6 Å². The summed E-state index contributed by atoms with van der Waals surface area (Å²) in [6.07, 6.45) is 0. The van der Waals surface area contributed by atoms with Crippen molar-refractivity contribution in [2.75, 3.05) is 16.6 Å². The maximum atomic E-state index is 12.7. The molecule has 7 nitrogen and oxygen atoms in total. The van der Waals surface area contributed by atoms with Gasteiger partial charge in [-0.2, -0.15) is 0 Å². The Balaban J connectivity index is 1.81. The number of sulfonamides is 2. The maximum Gasteiger partial charge on any atom is 0.262 e. The minimum atomic E-state index is -3.89. The Kier molecular flexibility index (Phi) is 6.04. The first-order valence-electron chi connectivity index (χ1n) is 8.98. The number of benzene rings is 3. The van der Waals surface area contributed by atoms with Crippen LogP contribution in [0.25, 0.3) is 0 Å². The zero-order chi connectivity index (χ0) is 21.9. The number of hydrogen-bond acceptors (Lipinski definition) is 5. The molecule has 30 heavy (non-hydrogen) atoms. The first kappa shape index (κ1) is 21.7. The largest absolute Gasteiger partial charge is 0.495 e. The molecule has 0 amide bonds. The molecule has 0 aliphatic rings. The molecule has 9 heteroatoms. The van der Waals surface area contributed by atoms with Gasteiger partial charge < -0.3 is 4.74 Å². The van der Waals surface area contributed by atoms with E-state index in [4.69, 9.17) is 4.74 Å². The van der Waals surface area contributed by atoms with Crippen LogP contribution in [0.4, 0.5) is 11.4 Å². The van der Waals surface area contributed by atoms with E-state index >= 15 is 0 Å². The van der Waals surface area contributed by atoms with E-state index in [1.54, 1.807) is 24.3 Å². The topological polar surface area (TPSA) is 102 Å². The minimum absolute atomic E-state index is 0.00987. The molecule has 158 valence electrons. The third-order valence-electron chi connectivity index (χ3n) is 4.35. The molecule has 0 radical (unpaired) electrons. The zero-order valence-corrected chi connectivity index (χ0v) is 18.3. The summed E-state index contributed by atoms with van der Waals surface area (Å²) < 4.78 is 60.6. The molecule has 0 atom stereocenters. The summed E-state index contributed by atoms with van der Waals surface area (Å²) in [5, 5.41) is 0. The molecule has 3 aromatic carbocycles. The van der Waals surface area contributed by atoms with Gasteiger partial charge in [-0.25, -0.2) is 16.8 Å². The molecule has 3 rings (SSSR count). The highest BCUT2D eigenvalue weighted by Crippen LogP contribution is 2.28. The number of hydrogen-bond donors (Lipinski definition) is 2. The molecule has 0 heterocycles. The van der Waals surface area contributed by atoms with Gasteiger partial charge in [0.25, 0.3) is 20.0 Å². The fourth-order valence-electron chi connectivity index (χ4n) is 2.74. The van der Waals surface area contributed by atoms with E-state index in [1.807, 2.05) is 19.9 Å². The summed E-state index contributed by atoms with van der Waals surface area (Å²) in [4.78, 5) is 0.113. The van der Waals surface area contributed by atoms with Gasteiger partial charge in [0.05, 0.1) is 22.6 Å². The van der Waals surface area contributed by atoms with Crippen molar-refractivity contribution in [2.45, 2.75) is 23.6 Å². The summed E-state index contributed by atoms with van der Waals surface area (Å²) in [6.45, 7) is 3.70. The lowest BCUT2D eigenvalue weighted by atomic mass is 10.2. The van der Waals surface area contributed by atoms with Crippen molar-refractivity contribution >= 4 is 31.4 Å². The van der Waals surface area contributed by atoms with E-state index in [2.05, 4.69) is 9.44 Å². The normalized spacial score (nSPS) is 11.7. The molecule has 0 saturated heterocycles. The second kappa shape index (κ2) is 8.37. The van der Waals surface area contributed by atoms with Crippen molar-refractivity contribution in [3.8, 4) is 5.75 Å². The highest BCUT2D eigenvalue weighted by Gasteiger charge is 2.18.